The molecule has 0 saturated carbocycles. The molecule has 0 aliphatic carbocycles. The van der Waals surface area contributed by atoms with E-state index in [1.807, 2.05) is 6.92 Å². The Bertz CT molecular complexity index is 593. The van der Waals surface area contributed by atoms with Gasteiger partial charge < -0.3 is 4.84 Å². The molecule has 0 aromatic rings. The van der Waals surface area contributed by atoms with Crippen LogP contribution in [0.5, 0.6) is 0 Å². The summed E-state index contributed by atoms with van der Waals surface area (Å²) in [5.41, 5.74) is 1.95. The molecular weight excluding hydrogens is 518 g/mol. The fourth-order valence-electron chi connectivity index (χ4n) is 6.17. The molecule has 0 aromatic carbocycles. The topological polar surface area (TPSA) is 55.4 Å². The summed E-state index contributed by atoms with van der Waals surface area (Å²) in [6.07, 6.45) is 38.5. The van der Waals surface area contributed by atoms with Crippen molar-refractivity contribution in [2.24, 2.45) is 5.41 Å². The molecule has 1 N–H and O–H groups in total. The van der Waals surface area contributed by atoms with E-state index < -0.39 is 5.41 Å². The van der Waals surface area contributed by atoms with Crippen molar-refractivity contribution in [2.75, 3.05) is 0 Å². The van der Waals surface area contributed by atoms with E-state index in [-0.39, 0.29) is 11.9 Å². The van der Waals surface area contributed by atoms with Gasteiger partial charge in [0.1, 0.15) is 0 Å². The highest BCUT2D eigenvalue weighted by Gasteiger charge is 2.34. The molecule has 1 unspecified atom stereocenters. The maximum Gasteiger partial charge on any atom is 0.338 e. The molecule has 0 aliphatic heterocycles. The van der Waals surface area contributed by atoms with Crippen LogP contribution in [0.2, 0.25) is 0 Å². The van der Waals surface area contributed by atoms with Gasteiger partial charge in [0.15, 0.2) is 0 Å². The van der Waals surface area contributed by atoms with Crippen molar-refractivity contribution in [3.05, 3.63) is 0 Å². The Labute approximate surface area is 263 Å². The fraction of sp³-hybridized carbons (Fsp3) is 0.947. The molecule has 0 bridgehead atoms. The van der Waals surface area contributed by atoms with Crippen LogP contribution in [0.25, 0.3) is 0 Å². The molecule has 4 nitrogen and oxygen atoms in total. The number of amides is 1. The standard InChI is InChI=1S/C38H75NO3/c1-5-8-10-12-14-16-18-20-21-22-23-25-27-29-31-33-36(40)39-42-37(41)38(4,34-7-3)35-32-30-28-26-24-19-17-15-13-11-9-6-2/h5-35H2,1-4H3,(H,39,40). The third-order valence-electron chi connectivity index (χ3n) is 9.14. The number of nitrogens with one attached hydrogen (secondary N) is 1. The second-order valence-corrected chi connectivity index (χ2v) is 13.6. The van der Waals surface area contributed by atoms with Crippen molar-refractivity contribution in [1.29, 1.82) is 0 Å². The summed E-state index contributed by atoms with van der Waals surface area (Å²) >= 11 is 0. The SMILES string of the molecule is CCCCCCCCCCCCCCCCCC(=O)NOC(=O)C(C)(CCC)CCCCCCCCCCCCCC. The number of carbonyl (C=O) groups is 2. The molecule has 0 fully saturated rings. The normalized spacial score (nSPS) is 12.8. The molecule has 0 rings (SSSR count). The molecule has 1 amide bonds. The molecule has 4 heteroatoms. The van der Waals surface area contributed by atoms with Crippen LogP contribution in [0.1, 0.15) is 227 Å². The first kappa shape index (κ1) is 40.9. The monoisotopic (exact) mass is 594 g/mol. The highest BCUT2D eigenvalue weighted by Crippen LogP contribution is 2.32. The number of hydrogen-bond donors (Lipinski definition) is 1. The zero-order chi connectivity index (χ0) is 31.0. The smallest absolute Gasteiger partial charge is 0.338 e. The van der Waals surface area contributed by atoms with Crippen LogP contribution in [0.15, 0.2) is 0 Å². The average molecular weight is 594 g/mol. The van der Waals surface area contributed by atoms with Crippen LogP contribution in [-0.2, 0) is 14.4 Å². The largest absolute Gasteiger partial charge is 0.340 e. The third kappa shape index (κ3) is 26.6. The minimum Gasteiger partial charge on any atom is -0.340 e. The quantitative estimate of drug-likeness (QED) is 0.0623. The number of unbranched alkanes of at least 4 members (excludes halogenated alkanes) is 25. The zero-order valence-corrected chi connectivity index (χ0v) is 29.1. The highest BCUT2D eigenvalue weighted by molar-refractivity contribution is 5.80. The van der Waals surface area contributed by atoms with E-state index in [1.165, 1.54) is 154 Å². The lowest BCUT2D eigenvalue weighted by Crippen LogP contribution is -2.36. The summed E-state index contributed by atoms with van der Waals surface area (Å²) in [7, 11) is 0. The summed E-state index contributed by atoms with van der Waals surface area (Å²) in [4.78, 5) is 30.4. The molecule has 250 valence electrons. The van der Waals surface area contributed by atoms with E-state index in [2.05, 4.69) is 26.3 Å². The molecular formula is C38H75NO3. The Kier molecular flexibility index (Phi) is 30.6. The van der Waals surface area contributed by atoms with E-state index in [0.29, 0.717) is 6.42 Å². The van der Waals surface area contributed by atoms with Gasteiger partial charge in [-0.05, 0) is 26.2 Å². The van der Waals surface area contributed by atoms with Crippen molar-refractivity contribution in [3.8, 4) is 0 Å². The molecule has 1 atom stereocenters. The Morgan fingerprint density at radius 3 is 1.14 bits per heavy atom. The lowest BCUT2D eigenvalue weighted by atomic mass is 9.80. The molecule has 0 radical (unpaired) electrons. The molecule has 0 spiro atoms. The Balaban J connectivity index is 3.76. The molecule has 42 heavy (non-hydrogen) atoms. The maximum absolute atomic E-state index is 12.9. The predicted octanol–water partition coefficient (Wildman–Crippen LogP) is 12.7. The van der Waals surface area contributed by atoms with Gasteiger partial charge in [-0.1, -0.05) is 194 Å². The first-order valence-electron chi connectivity index (χ1n) is 19.0. The Morgan fingerprint density at radius 2 is 0.786 bits per heavy atom. The van der Waals surface area contributed by atoms with Crippen molar-refractivity contribution < 1.29 is 14.4 Å². The Morgan fingerprint density at radius 1 is 0.452 bits per heavy atom. The lowest BCUT2D eigenvalue weighted by molar-refractivity contribution is -0.168. The second-order valence-electron chi connectivity index (χ2n) is 13.6. The second kappa shape index (κ2) is 31.4. The van der Waals surface area contributed by atoms with E-state index in [0.717, 1.165) is 38.5 Å². The van der Waals surface area contributed by atoms with Gasteiger partial charge in [0.2, 0.25) is 0 Å². The van der Waals surface area contributed by atoms with Gasteiger partial charge in [-0.25, -0.2) is 4.79 Å². The number of hydrogen-bond acceptors (Lipinski definition) is 3. The van der Waals surface area contributed by atoms with Crippen molar-refractivity contribution in [1.82, 2.24) is 5.48 Å². The first-order chi connectivity index (χ1) is 20.5. The van der Waals surface area contributed by atoms with Crippen LogP contribution in [-0.4, -0.2) is 11.9 Å². The third-order valence-corrected chi connectivity index (χ3v) is 9.14. The minimum absolute atomic E-state index is 0.165. The van der Waals surface area contributed by atoms with Crippen LogP contribution in [0.4, 0.5) is 0 Å². The van der Waals surface area contributed by atoms with Crippen molar-refractivity contribution in [2.45, 2.75) is 227 Å². The summed E-state index contributed by atoms with van der Waals surface area (Å²) in [6, 6.07) is 0. The number of hydroxylamine groups is 1. The number of carbonyl (C=O) groups excluding carboxylic acids is 2. The molecule has 0 aromatic heterocycles. The van der Waals surface area contributed by atoms with Crippen molar-refractivity contribution in [3.63, 3.8) is 0 Å². The van der Waals surface area contributed by atoms with E-state index in [4.69, 9.17) is 4.84 Å². The van der Waals surface area contributed by atoms with Gasteiger partial charge >= 0.3 is 5.97 Å². The molecule has 0 aliphatic rings. The summed E-state index contributed by atoms with van der Waals surface area (Å²) in [5, 5.41) is 0. The van der Waals surface area contributed by atoms with Crippen LogP contribution in [0, 0.1) is 5.41 Å². The lowest BCUT2D eigenvalue weighted by Gasteiger charge is -2.26. The fourth-order valence-corrected chi connectivity index (χ4v) is 6.17. The van der Waals surface area contributed by atoms with Gasteiger partial charge in [0.25, 0.3) is 5.91 Å². The highest BCUT2D eigenvalue weighted by atomic mass is 16.7. The van der Waals surface area contributed by atoms with Crippen molar-refractivity contribution >= 4 is 11.9 Å². The Hall–Kier alpha value is -1.06. The molecule has 0 heterocycles. The summed E-state index contributed by atoms with van der Waals surface area (Å²) in [5.74, 6) is -0.431. The first-order valence-corrected chi connectivity index (χ1v) is 19.0. The van der Waals surface area contributed by atoms with Gasteiger partial charge in [0, 0.05) is 6.42 Å². The van der Waals surface area contributed by atoms with Gasteiger partial charge in [-0.3, -0.25) is 4.79 Å². The van der Waals surface area contributed by atoms with E-state index in [9.17, 15) is 9.59 Å². The maximum atomic E-state index is 12.9. The van der Waals surface area contributed by atoms with Crippen LogP contribution in [0.3, 0.4) is 0 Å². The zero-order valence-electron chi connectivity index (χ0n) is 29.1. The van der Waals surface area contributed by atoms with Crippen LogP contribution >= 0.6 is 0 Å². The summed E-state index contributed by atoms with van der Waals surface area (Å²) in [6.45, 7) is 8.68. The molecule has 0 saturated heterocycles. The minimum atomic E-state index is -0.505. The number of rotatable bonds is 32. The van der Waals surface area contributed by atoms with E-state index in [1.54, 1.807) is 0 Å². The average Bonchev–Trinajstić information content (AvgIpc) is 2.98. The van der Waals surface area contributed by atoms with E-state index >= 15 is 0 Å². The van der Waals surface area contributed by atoms with Gasteiger partial charge in [-0.15, -0.1) is 0 Å². The van der Waals surface area contributed by atoms with Crippen LogP contribution < -0.4 is 5.48 Å². The van der Waals surface area contributed by atoms with Gasteiger partial charge in [-0.2, -0.15) is 5.48 Å². The predicted molar refractivity (Wildman–Crippen MR) is 182 cm³/mol. The summed E-state index contributed by atoms with van der Waals surface area (Å²) < 4.78 is 0. The van der Waals surface area contributed by atoms with Gasteiger partial charge in [0.05, 0.1) is 5.41 Å².